The number of nitrogens with zero attached hydrogens (tertiary/aromatic N) is 2. The van der Waals surface area contributed by atoms with Crippen molar-refractivity contribution in [1.29, 1.82) is 0 Å². The van der Waals surface area contributed by atoms with Gasteiger partial charge in [0.1, 0.15) is 17.5 Å². The summed E-state index contributed by atoms with van der Waals surface area (Å²) in [6.07, 6.45) is 3.45. The minimum atomic E-state index is 0.477. The molecule has 2 rings (SSSR count). The van der Waals surface area contributed by atoms with Crippen molar-refractivity contribution in [3.63, 3.8) is 0 Å². The summed E-state index contributed by atoms with van der Waals surface area (Å²) < 4.78 is 0. The number of hydrogen-bond acceptors (Lipinski definition) is 5. The fourth-order valence-corrected chi connectivity index (χ4v) is 1.75. The third kappa shape index (κ3) is 2.61. The summed E-state index contributed by atoms with van der Waals surface area (Å²) in [4.78, 5) is 8.68. The van der Waals surface area contributed by atoms with E-state index in [0.29, 0.717) is 11.9 Å². The molecular formula is C11H19N5. The lowest BCUT2D eigenvalue weighted by molar-refractivity contribution is 0.689. The van der Waals surface area contributed by atoms with Crippen LogP contribution in [-0.2, 0) is 6.42 Å². The molecule has 0 spiro atoms. The van der Waals surface area contributed by atoms with Crippen LogP contribution in [0, 0.1) is 5.92 Å². The topological polar surface area (TPSA) is 75.9 Å². The molecule has 1 unspecified atom stereocenters. The third-order valence-electron chi connectivity index (χ3n) is 2.94. The number of nitrogens with two attached hydrogens (primary N) is 1. The highest BCUT2D eigenvalue weighted by Crippen LogP contribution is 2.33. The first-order chi connectivity index (χ1) is 7.72. The van der Waals surface area contributed by atoms with E-state index in [4.69, 9.17) is 5.84 Å². The van der Waals surface area contributed by atoms with Crippen molar-refractivity contribution >= 4 is 11.6 Å². The Labute approximate surface area is 95.8 Å². The molecule has 88 valence electrons. The maximum absolute atomic E-state index is 5.38. The molecule has 0 aliphatic heterocycles. The molecular weight excluding hydrogens is 202 g/mol. The highest BCUT2D eigenvalue weighted by Gasteiger charge is 2.28. The Morgan fingerprint density at radius 3 is 2.69 bits per heavy atom. The Hall–Kier alpha value is -1.36. The molecule has 1 aromatic rings. The number of aromatic nitrogens is 2. The fourth-order valence-electron chi connectivity index (χ4n) is 1.75. The predicted octanol–water partition coefficient (Wildman–Crippen LogP) is 1.53. The molecule has 1 fully saturated rings. The summed E-state index contributed by atoms with van der Waals surface area (Å²) in [6, 6.07) is 2.32. The van der Waals surface area contributed by atoms with Crippen LogP contribution >= 0.6 is 0 Å². The predicted molar refractivity (Wildman–Crippen MR) is 65.0 cm³/mol. The number of nitrogen functional groups attached to an aromatic ring is 1. The number of hydrazine groups is 1. The van der Waals surface area contributed by atoms with Gasteiger partial charge in [-0.2, -0.15) is 0 Å². The minimum Gasteiger partial charge on any atom is -0.367 e. The monoisotopic (exact) mass is 221 g/mol. The molecule has 4 N–H and O–H groups in total. The number of nitrogens with one attached hydrogen (secondary N) is 2. The summed E-state index contributed by atoms with van der Waals surface area (Å²) in [5.74, 6) is 8.51. The van der Waals surface area contributed by atoms with E-state index in [9.17, 15) is 0 Å². The molecule has 1 aliphatic rings. The Balaban J connectivity index is 2.11. The summed E-state index contributed by atoms with van der Waals surface area (Å²) in [5.41, 5.74) is 2.57. The summed E-state index contributed by atoms with van der Waals surface area (Å²) >= 11 is 0. The maximum atomic E-state index is 5.38. The largest absolute Gasteiger partial charge is 0.367 e. The van der Waals surface area contributed by atoms with Gasteiger partial charge in [-0.25, -0.2) is 15.8 Å². The molecule has 5 nitrogen and oxygen atoms in total. The standard InChI is InChI=1S/C11H19N5/c1-3-9-14-10(6-11(15-9)16-12)13-7(2)8-4-5-8/h6-8H,3-5,12H2,1-2H3,(H2,13,14,15,16). The average Bonchev–Trinajstić information content (AvgIpc) is 3.12. The molecule has 1 aromatic heterocycles. The Morgan fingerprint density at radius 2 is 2.12 bits per heavy atom. The minimum absolute atomic E-state index is 0.477. The molecule has 16 heavy (non-hydrogen) atoms. The van der Waals surface area contributed by atoms with Gasteiger partial charge in [0.05, 0.1) is 0 Å². The van der Waals surface area contributed by atoms with Gasteiger partial charge in [0.15, 0.2) is 0 Å². The van der Waals surface area contributed by atoms with Crippen LogP contribution in [0.15, 0.2) is 6.07 Å². The number of hydrogen-bond donors (Lipinski definition) is 3. The Kier molecular flexibility index (Phi) is 3.24. The molecule has 1 aliphatic carbocycles. The van der Waals surface area contributed by atoms with Crippen molar-refractivity contribution in [2.75, 3.05) is 10.7 Å². The number of aryl methyl sites for hydroxylation is 1. The lowest BCUT2D eigenvalue weighted by atomic mass is 10.2. The van der Waals surface area contributed by atoms with E-state index < -0.39 is 0 Å². The third-order valence-corrected chi connectivity index (χ3v) is 2.94. The zero-order chi connectivity index (χ0) is 11.5. The summed E-state index contributed by atoms with van der Waals surface area (Å²) in [5, 5.41) is 3.41. The molecule has 1 atom stereocenters. The number of anilines is 2. The molecule has 0 bridgehead atoms. The van der Waals surface area contributed by atoms with Gasteiger partial charge in [-0.1, -0.05) is 6.92 Å². The van der Waals surface area contributed by atoms with E-state index in [-0.39, 0.29) is 0 Å². The number of rotatable bonds is 5. The average molecular weight is 221 g/mol. The van der Waals surface area contributed by atoms with Crippen LogP contribution in [0.1, 0.15) is 32.5 Å². The zero-order valence-corrected chi connectivity index (χ0v) is 9.83. The maximum Gasteiger partial charge on any atom is 0.145 e. The van der Waals surface area contributed by atoms with Crippen molar-refractivity contribution in [1.82, 2.24) is 9.97 Å². The second-order valence-electron chi connectivity index (χ2n) is 4.32. The van der Waals surface area contributed by atoms with Gasteiger partial charge >= 0.3 is 0 Å². The van der Waals surface area contributed by atoms with Crippen molar-refractivity contribution in [3.05, 3.63) is 11.9 Å². The lowest BCUT2D eigenvalue weighted by Crippen LogP contribution is -2.19. The van der Waals surface area contributed by atoms with Crippen molar-refractivity contribution in [2.24, 2.45) is 11.8 Å². The van der Waals surface area contributed by atoms with E-state index in [2.05, 4.69) is 27.6 Å². The van der Waals surface area contributed by atoms with E-state index in [1.54, 1.807) is 0 Å². The van der Waals surface area contributed by atoms with Gasteiger partial charge in [-0.3, -0.25) is 0 Å². The second-order valence-corrected chi connectivity index (χ2v) is 4.32. The summed E-state index contributed by atoms with van der Waals surface area (Å²) in [6.45, 7) is 4.23. The zero-order valence-electron chi connectivity index (χ0n) is 9.83. The van der Waals surface area contributed by atoms with Crippen molar-refractivity contribution < 1.29 is 0 Å². The van der Waals surface area contributed by atoms with Crippen molar-refractivity contribution in [2.45, 2.75) is 39.2 Å². The first-order valence-corrected chi connectivity index (χ1v) is 5.84. The molecule has 0 aromatic carbocycles. The molecule has 5 heteroatoms. The van der Waals surface area contributed by atoms with Crippen LogP contribution in [0.3, 0.4) is 0 Å². The van der Waals surface area contributed by atoms with E-state index in [0.717, 1.165) is 24.0 Å². The second kappa shape index (κ2) is 4.65. The van der Waals surface area contributed by atoms with Crippen molar-refractivity contribution in [3.8, 4) is 0 Å². The normalized spacial score (nSPS) is 16.9. The SMILES string of the molecule is CCc1nc(NN)cc(NC(C)C2CC2)n1. The molecule has 1 heterocycles. The van der Waals surface area contributed by atoms with Gasteiger partial charge in [0, 0.05) is 18.5 Å². The lowest BCUT2D eigenvalue weighted by Gasteiger charge is -2.14. The quantitative estimate of drug-likeness (QED) is 0.519. The summed E-state index contributed by atoms with van der Waals surface area (Å²) in [7, 11) is 0. The van der Waals surface area contributed by atoms with Crippen LogP contribution in [0.4, 0.5) is 11.6 Å². The highest BCUT2D eigenvalue weighted by molar-refractivity contribution is 5.47. The van der Waals surface area contributed by atoms with Crippen LogP contribution in [0.2, 0.25) is 0 Å². The van der Waals surface area contributed by atoms with Crippen LogP contribution < -0.4 is 16.6 Å². The molecule has 0 saturated heterocycles. The van der Waals surface area contributed by atoms with E-state index >= 15 is 0 Å². The molecule has 1 saturated carbocycles. The molecule has 0 amide bonds. The van der Waals surface area contributed by atoms with E-state index in [1.165, 1.54) is 12.8 Å². The van der Waals surface area contributed by atoms with Gasteiger partial charge in [0.2, 0.25) is 0 Å². The van der Waals surface area contributed by atoms with Gasteiger partial charge in [-0.05, 0) is 25.7 Å². The molecule has 0 radical (unpaired) electrons. The van der Waals surface area contributed by atoms with E-state index in [1.807, 2.05) is 13.0 Å². The Morgan fingerprint density at radius 1 is 1.44 bits per heavy atom. The first-order valence-electron chi connectivity index (χ1n) is 5.84. The smallest absolute Gasteiger partial charge is 0.145 e. The van der Waals surface area contributed by atoms with Gasteiger partial charge in [-0.15, -0.1) is 0 Å². The van der Waals surface area contributed by atoms with Gasteiger partial charge in [0.25, 0.3) is 0 Å². The van der Waals surface area contributed by atoms with Gasteiger partial charge < -0.3 is 10.7 Å². The van der Waals surface area contributed by atoms with Crippen LogP contribution in [-0.4, -0.2) is 16.0 Å². The Bertz CT molecular complexity index is 339. The first kappa shape index (κ1) is 11.1. The van der Waals surface area contributed by atoms with Crippen LogP contribution in [0.25, 0.3) is 0 Å². The highest BCUT2D eigenvalue weighted by atomic mass is 15.3. The fraction of sp³-hybridized carbons (Fsp3) is 0.636. The van der Waals surface area contributed by atoms with Crippen LogP contribution in [0.5, 0.6) is 0 Å².